The van der Waals surface area contributed by atoms with Crippen LogP contribution < -0.4 is 4.74 Å². The highest BCUT2D eigenvalue weighted by Gasteiger charge is 2.32. The van der Waals surface area contributed by atoms with Crippen LogP contribution in [-0.4, -0.2) is 43.2 Å². The van der Waals surface area contributed by atoms with Gasteiger partial charge in [0.15, 0.2) is 0 Å². The molecule has 0 saturated carbocycles. The highest BCUT2D eigenvalue weighted by molar-refractivity contribution is 5.66. The quantitative estimate of drug-likeness (QED) is 0.786. The van der Waals surface area contributed by atoms with Gasteiger partial charge >= 0.3 is 5.97 Å². The van der Waals surface area contributed by atoms with E-state index in [9.17, 15) is 4.79 Å². The first-order valence-electron chi connectivity index (χ1n) is 7.80. The summed E-state index contributed by atoms with van der Waals surface area (Å²) in [7, 11) is 3.87. The van der Waals surface area contributed by atoms with Crippen molar-refractivity contribution in [2.75, 3.05) is 27.2 Å². The predicted molar refractivity (Wildman–Crippen MR) is 87.3 cm³/mol. The van der Waals surface area contributed by atoms with Crippen molar-refractivity contribution < 1.29 is 14.6 Å². The number of carbonyl (C=O) groups is 1. The van der Waals surface area contributed by atoms with Gasteiger partial charge in [-0.05, 0) is 37.4 Å². The Hall–Kier alpha value is -1.81. The molecule has 1 aliphatic rings. The van der Waals surface area contributed by atoms with Crippen LogP contribution in [0.25, 0.3) is 0 Å². The van der Waals surface area contributed by atoms with Crippen LogP contribution in [0.1, 0.15) is 30.7 Å². The number of rotatable bonds is 7. The summed E-state index contributed by atoms with van der Waals surface area (Å²) >= 11 is 0. The van der Waals surface area contributed by atoms with Crippen molar-refractivity contribution in [2.45, 2.75) is 25.2 Å². The largest absolute Gasteiger partial charge is 0.496 e. The number of likely N-dealkylation sites (tertiary alicyclic amines) is 1. The number of nitrogens with zero attached hydrogens (tertiary/aromatic N) is 1. The zero-order chi connectivity index (χ0) is 15.9. The maximum Gasteiger partial charge on any atom is 0.303 e. The van der Waals surface area contributed by atoms with Crippen LogP contribution >= 0.6 is 0 Å². The normalized spacial score (nSPS) is 22.3. The SMILES string of the molecule is COc1ccccc1[C@@H]1CN(C)C[C@@H]1CC=CCCC(=O)O. The van der Waals surface area contributed by atoms with Gasteiger partial charge in [0.2, 0.25) is 0 Å². The van der Waals surface area contributed by atoms with Gasteiger partial charge in [0.1, 0.15) is 5.75 Å². The fourth-order valence-corrected chi connectivity index (χ4v) is 3.25. The maximum atomic E-state index is 10.5. The Labute approximate surface area is 132 Å². The van der Waals surface area contributed by atoms with E-state index in [1.54, 1.807) is 7.11 Å². The van der Waals surface area contributed by atoms with Gasteiger partial charge in [0.05, 0.1) is 7.11 Å². The molecule has 120 valence electrons. The van der Waals surface area contributed by atoms with Crippen LogP contribution in [0.2, 0.25) is 0 Å². The van der Waals surface area contributed by atoms with Gasteiger partial charge in [-0.15, -0.1) is 0 Å². The van der Waals surface area contributed by atoms with E-state index >= 15 is 0 Å². The van der Waals surface area contributed by atoms with Gasteiger partial charge in [0, 0.05) is 25.4 Å². The summed E-state index contributed by atoms with van der Waals surface area (Å²) in [6.07, 6.45) is 5.92. The van der Waals surface area contributed by atoms with Gasteiger partial charge in [-0.2, -0.15) is 0 Å². The Bertz CT molecular complexity index is 527. The molecule has 22 heavy (non-hydrogen) atoms. The third-order valence-corrected chi connectivity index (χ3v) is 4.29. The minimum atomic E-state index is -0.739. The van der Waals surface area contributed by atoms with Crippen molar-refractivity contribution in [3.05, 3.63) is 42.0 Å². The third-order valence-electron chi connectivity index (χ3n) is 4.29. The van der Waals surface area contributed by atoms with Crippen molar-refractivity contribution in [3.63, 3.8) is 0 Å². The molecule has 2 rings (SSSR count). The Morgan fingerprint density at radius 1 is 1.36 bits per heavy atom. The van der Waals surface area contributed by atoms with E-state index in [0.29, 0.717) is 18.3 Å². The molecule has 0 amide bonds. The molecule has 1 N–H and O–H groups in total. The van der Waals surface area contributed by atoms with E-state index in [-0.39, 0.29) is 6.42 Å². The van der Waals surface area contributed by atoms with Gasteiger partial charge in [-0.3, -0.25) is 4.79 Å². The maximum absolute atomic E-state index is 10.5. The number of ether oxygens (including phenoxy) is 1. The van der Waals surface area contributed by atoms with E-state index in [1.807, 2.05) is 18.2 Å². The zero-order valence-corrected chi connectivity index (χ0v) is 13.4. The van der Waals surface area contributed by atoms with E-state index in [0.717, 1.165) is 25.3 Å². The lowest BCUT2D eigenvalue weighted by atomic mass is 9.86. The van der Waals surface area contributed by atoms with E-state index < -0.39 is 5.97 Å². The highest BCUT2D eigenvalue weighted by Crippen LogP contribution is 2.38. The highest BCUT2D eigenvalue weighted by atomic mass is 16.5. The molecule has 0 bridgehead atoms. The lowest BCUT2D eigenvalue weighted by molar-refractivity contribution is -0.136. The number of likely N-dealkylation sites (N-methyl/N-ethyl adjacent to an activating group) is 1. The van der Waals surface area contributed by atoms with Crippen molar-refractivity contribution >= 4 is 5.97 Å². The van der Waals surface area contributed by atoms with Crippen molar-refractivity contribution in [3.8, 4) is 5.75 Å². The number of hydrogen-bond donors (Lipinski definition) is 1. The average Bonchev–Trinajstić information content (AvgIpc) is 2.87. The predicted octanol–water partition coefficient (Wildman–Crippen LogP) is 3.15. The summed E-state index contributed by atoms with van der Waals surface area (Å²) in [5.74, 6) is 1.23. The number of hydrogen-bond acceptors (Lipinski definition) is 3. The molecule has 0 aliphatic carbocycles. The summed E-state index contributed by atoms with van der Waals surface area (Å²) in [6, 6.07) is 8.24. The Kier molecular flexibility index (Phi) is 6.01. The first-order chi connectivity index (χ1) is 10.6. The van der Waals surface area contributed by atoms with E-state index in [4.69, 9.17) is 9.84 Å². The minimum absolute atomic E-state index is 0.205. The molecule has 0 aromatic heterocycles. The van der Waals surface area contributed by atoms with E-state index in [1.165, 1.54) is 5.56 Å². The molecule has 1 aliphatic heterocycles. The molecular weight excluding hydrogens is 278 g/mol. The topological polar surface area (TPSA) is 49.8 Å². The molecule has 2 atom stereocenters. The van der Waals surface area contributed by atoms with Crippen LogP contribution in [0.4, 0.5) is 0 Å². The number of allylic oxidation sites excluding steroid dienone is 2. The van der Waals surface area contributed by atoms with Gasteiger partial charge in [-0.25, -0.2) is 0 Å². The van der Waals surface area contributed by atoms with Crippen LogP contribution in [0, 0.1) is 5.92 Å². The number of aliphatic carboxylic acids is 1. The summed E-state index contributed by atoms with van der Waals surface area (Å²) in [5.41, 5.74) is 1.28. The molecule has 1 heterocycles. The van der Waals surface area contributed by atoms with Crippen LogP contribution in [0.3, 0.4) is 0 Å². The fourth-order valence-electron chi connectivity index (χ4n) is 3.25. The first-order valence-corrected chi connectivity index (χ1v) is 7.80. The zero-order valence-electron chi connectivity index (χ0n) is 13.4. The molecule has 0 radical (unpaired) electrons. The summed E-state index contributed by atoms with van der Waals surface area (Å²) in [6.45, 7) is 2.10. The Morgan fingerprint density at radius 3 is 2.86 bits per heavy atom. The number of carboxylic acid groups (broad SMARTS) is 1. The smallest absolute Gasteiger partial charge is 0.303 e. The third kappa shape index (κ3) is 4.34. The lowest BCUT2D eigenvalue weighted by Crippen LogP contribution is -2.13. The number of benzene rings is 1. The average molecular weight is 303 g/mol. The van der Waals surface area contributed by atoms with Crippen molar-refractivity contribution in [2.24, 2.45) is 5.92 Å². The van der Waals surface area contributed by atoms with Crippen LogP contribution in [0.15, 0.2) is 36.4 Å². The monoisotopic (exact) mass is 303 g/mol. The lowest BCUT2D eigenvalue weighted by Gasteiger charge is -2.20. The molecule has 1 aromatic rings. The summed E-state index contributed by atoms with van der Waals surface area (Å²) < 4.78 is 5.51. The standard InChI is InChI=1S/C18H25NO3/c1-19-12-14(8-4-3-5-11-18(20)21)16(13-19)15-9-6-7-10-17(15)22-2/h3-4,6-7,9-10,14,16H,5,8,11-13H2,1-2H3,(H,20,21)/t14-,16+/m0/s1. The number of para-hydroxylation sites is 1. The Morgan fingerprint density at radius 2 is 2.14 bits per heavy atom. The van der Waals surface area contributed by atoms with Gasteiger partial charge < -0.3 is 14.7 Å². The Balaban J connectivity index is 2.01. The van der Waals surface area contributed by atoms with Crippen molar-refractivity contribution in [1.82, 2.24) is 4.90 Å². The van der Waals surface area contributed by atoms with Gasteiger partial charge in [0.25, 0.3) is 0 Å². The fraction of sp³-hybridized carbons (Fsp3) is 0.500. The molecule has 1 fully saturated rings. The summed E-state index contributed by atoms with van der Waals surface area (Å²) in [5, 5.41) is 8.65. The second-order valence-corrected chi connectivity index (χ2v) is 5.97. The second-order valence-electron chi connectivity index (χ2n) is 5.97. The molecule has 1 aromatic carbocycles. The van der Waals surface area contributed by atoms with Crippen LogP contribution in [-0.2, 0) is 4.79 Å². The molecular formula is C18H25NO3. The summed E-state index contributed by atoms with van der Waals surface area (Å²) in [4.78, 5) is 12.9. The minimum Gasteiger partial charge on any atom is -0.496 e. The number of methoxy groups -OCH3 is 1. The van der Waals surface area contributed by atoms with Crippen LogP contribution in [0.5, 0.6) is 5.75 Å². The first kappa shape index (κ1) is 16.6. The molecule has 4 heteroatoms. The van der Waals surface area contributed by atoms with E-state index in [2.05, 4.69) is 30.2 Å². The molecule has 4 nitrogen and oxygen atoms in total. The molecule has 1 saturated heterocycles. The molecule has 0 unspecified atom stereocenters. The number of carboxylic acids is 1. The second kappa shape index (κ2) is 7.99. The molecule has 0 spiro atoms. The van der Waals surface area contributed by atoms with Crippen molar-refractivity contribution in [1.29, 1.82) is 0 Å². The van der Waals surface area contributed by atoms with Gasteiger partial charge in [-0.1, -0.05) is 30.4 Å².